The van der Waals surface area contributed by atoms with E-state index in [1.807, 2.05) is 39.0 Å². The molecule has 1 aromatic heterocycles. The van der Waals surface area contributed by atoms with E-state index in [9.17, 15) is 8.42 Å². The fourth-order valence-electron chi connectivity index (χ4n) is 3.80. The first-order valence-corrected chi connectivity index (χ1v) is 10.7. The highest BCUT2D eigenvalue weighted by Gasteiger charge is 2.20. The van der Waals surface area contributed by atoms with Crippen LogP contribution in [0.2, 0.25) is 0 Å². The average Bonchev–Trinajstić information content (AvgIpc) is 2.56. The van der Waals surface area contributed by atoms with Gasteiger partial charge < -0.3 is 5.32 Å². The molecule has 0 saturated heterocycles. The zero-order chi connectivity index (χ0) is 18.7. The number of hydrogen-bond acceptors (Lipinski definition) is 4. The van der Waals surface area contributed by atoms with Crippen molar-refractivity contribution in [2.45, 2.75) is 63.8 Å². The summed E-state index contributed by atoms with van der Waals surface area (Å²) in [5, 5.41) is 3.49. The van der Waals surface area contributed by atoms with Gasteiger partial charge in [-0.2, -0.15) is 0 Å². The Bertz CT molecular complexity index is 847. The average molecular weight is 374 g/mol. The Morgan fingerprint density at radius 2 is 1.65 bits per heavy atom. The van der Waals surface area contributed by atoms with E-state index in [1.54, 1.807) is 12.3 Å². The summed E-state index contributed by atoms with van der Waals surface area (Å²) in [6.45, 7) is 5.60. The maximum atomic E-state index is 12.8. The highest BCUT2D eigenvalue weighted by molar-refractivity contribution is 7.92. The lowest BCUT2D eigenvalue weighted by Crippen LogP contribution is -2.22. The molecule has 2 aromatic rings. The second-order valence-electron chi connectivity index (χ2n) is 7.24. The zero-order valence-corrected chi connectivity index (χ0v) is 16.5. The summed E-state index contributed by atoms with van der Waals surface area (Å²) >= 11 is 0. The molecule has 0 bridgehead atoms. The quantitative estimate of drug-likeness (QED) is 0.806. The molecule has 5 nitrogen and oxygen atoms in total. The number of hydrogen-bond donors (Lipinski definition) is 2. The number of rotatable bonds is 5. The Balaban J connectivity index is 1.74. The van der Waals surface area contributed by atoms with Crippen molar-refractivity contribution in [2.75, 3.05) is 10.0 Å². The third-order valence-electron chi connectivity index (χ3n) is 4.85. The van der Waals surface area contributed by atoms with Crippen molar-refractivity contribution in [1.29, 1.82) is 0 Å². The molecule has 0 radical (unpaired) electrons. The van der Waals surface area contributed by atoms with Crippen LogP contribution in [0, 0.1) is 20.8 Å². The predicted molar refractivity (Wildman–Crippen MR) is 106 cm³/mol. The molecule has 3 rings (SSSR count). The van der Waals surface area contributed by atoms with Crippen molar-refractivity contribution in [3.8, 4) is 0 Å². The molecule has 1 aliphatic carbocycles. The van der Waals surface area contributed by atoms with E-state index < -0.39 is 10.0 Å². The summed E-state index contributed by atoms with van der Waals surface area (Å²) < 4.78 is 28.2. The molecule has 6 heteroatoms. The highest BCUT2D eigenvalue weighted by Crippen LogP contribution is 2.25. The molecule has 0 atom stereocenters. The van der Waals surface area contributed by atoms with Crippen molar-refractivity contribution in [3.05, 3.63) is 47.2 Å². The van der Waals surface area contributed by atoms with Gasteiger partial charge in [-0.1, -0.05) is 37.0 Å². The van der Waals surface area contributed by atoms with Crippen LogP contribution in [0.1, 0.15) is 48.8 Å². The largest absolute Gasteiger partial charge is 0.381 e. The Morgan fingerprint density at radius 3 is 2.23 bits per heavy atom. The lowest BCUT2D eigenvalue weighted by molar-refractivity contribution is 0.462. The van der Waals surface area contributed by atoms with Crippen LogP contribution in [-0.4, -0.2) is 19.4 Å². The van der Waals surface area contributed by atoms with E-state index in [2.05, 4.69) is 15.0 Å². The summed E-state index contributed by atoms with van der Waals surface area (Å²) in [5.41, 5.74) is 3.47. The first kappa shape index (κ1) is 18.7. The van der Waals surface area contributed by atoms with Gasteiger partial charge in [0.2, 0.25) is 0 Å². The normalized spacial score (nSPS) is 15.7. The second kappa shape index (κ2) is 7.66. The molecule has 1 heterocycles. The zero-order valence-electron chi connectivity index (χ0n) is 15.7. The summed E-state index contributed by atoms with van der Waals surface area (Å²) in [6, 6.07) is 7.85. The summed E-state index contributed by atoms with van der Waals surface area (Å²) in [5.74, 6) is 0.332. The number of anilines is 2. The van der Waals surface area contributed by atoms with Crippen LogP contribution in [0.25, 0.3) is 0 Å². The van der Waals surface area contributed by atoms with Gasteiger partial charge in [-0.3, -0.25) is 4.72 Å². The Labute approximate surface area is 156 Å². The molecule has 140 valence electrons. The number of aromatic nitrogens is 1. The van der Waals surface area contributed by atoms with Gasteiger partial charge in [0.15, 0.2) is 0 Å². The number of pyridine rings is 1. The Hall–Kier alpha value is -2.08. The minimum Gasteiger partial charge on any atom is -0.381 e. The van der Waals surface area contributed by atoms with Gasteiger partial charge in [0, 0.05) is 6.04 Å². The molecule has 1 aromatic carbocycles. The van der Waals surface area contributed by atoms with Crippen molar-refractivity contribution in [3.63, 3.8) is 0 Å². The molecule has 1 saturated carbocycles. The van der Waals surface area contributed by atoms with Crippen LogP contribution in [-0.2, 0) is 10.0 Å². The molecule has 1 fully saturated rings. The van der Waals surface area contributed by atoms with Crippen LogP contribution in [0.3, 0.4) is 0 Å². The van der Waals surface area contributed by atoms with Crippen molar-refractivity contribution < 1.29 is 8.42 Å². The van der Waals surface area contributed by atoms with E-state index in [0.29, 0.717) is 16.8 Å². The number of nitrogens with one attached hydrogen (secondary N) is 2. The third kappa shape index (κ3) is 4.36. The lowest BCUT2D eigenvalue weighted by atomic mass is 9.95. The van der Waals surface area contributed by atoms with Crippen molar-refractivity contribution >= 4 is 21.5 Å². The Morgan fingerprint density at radius 1 is 1.00 bits per heavy atom. The number of benzene rings is 1. The highest BCUT2D eigenvalue weighted by atomic mass is 32.2. The van der Waals surface area contributed by atoms with Gasteiger partial charge in [0.05, 0.1) is 16.8 Å². The molecule has 0 aliphatic heterocycles. The molecule has 0 unspecified atom stereocenters. The van der Waals surface area contributed by atoms with E-state index in [0.717, 1.165) is 22.4 Å². The second-order valence-corrected chi connectivity index (χ2v) is 8.86. The minimum atomic E-state index is -3.66. The van der Waals surface area contributed by atoms with Crippen LogP contribution in [0.5, 0.6) is 0 Å². The van der Waals surface area contributed by atoms with Gasteiger partial charge in [-0.25, -0.2) is 13.4 Å². The Kier molecular flexibility index (Phi) is 5.51. The van der Waals surface area contributed by atoms with E-state index >= 15 is 0 Å². The van der Waals surface area contributed by atoms with E-state index in [4.69, 9.17) is 0 Å². The molecular weight excluding hydrogens is 346 g/mol. The molecule has 1 aliphatic rings. The molecule has 0 amide bonds. The van der Waals surface area contributed by atoms with E-state index in [-0.39, 0.29) is 0 Å². The van der Waals surface area contributed by atoms with Gasteiger partial charge in [0.25, 0.3) is 10.0 Å². The van der Waals surface area contributed by atoms with Gasteiger partial charge in [-0.15, -0.1) is 0 Å². The fraction of sp³-hybridized carbons (Fsp3) is 0.450. The summed E-state index contributed by atoms with van der Waals surface area (Å²) in [4.78, 5) is 4.61. The van der Waals surface area contributed by atoms with Crippen LogP contribution in [0.15, 0.2) is 35.4 Å². The topological polar surface area (TPSA) is 71.1 Å². The van der Waals surface area contributed by atoms with Gasteiger partial charge in [0.1, 0.15) is 5.82 Å². The third-order valence-corrected chi connectivity index (χ3v) is 6.51. The smallest absolute Gasteiger partial charge is 0.263 e. The molecule has 26 heavy (non-hydrogen) atoms. The van der Waals surface area contributed by atoms with Gasteiger partial charge in [-0.05, 0) is 56.9 Å². The lowest BCUT2D eigenvalue weighted by Gasteiger charge is -2.23. The van der Waals surface area contributed by atoms with E-state index in [1.165, 1.54) is 32.1 Å². The maximum Gasteiger partial charge on any atom is 0.263 e. The van der Waals surface area contributed by atoms with Gasteiger partial charge >= 0.3 is 0 Å². The monoisotopic (exact) mass is 373 g/mol. The SMILES string of the molecule is Cc1cc(C)c(S(=O)(=O)Nc2ccc(NC3CCCCC3)cn2)c(C)c1. The molecule has 0 spiro atoms. The first-order valence-electron chi connectivity index (χ1n) is 9.18. The summed E-state index contributed by atoms with van der Waals surface area (Å²) in [7, 11) is -3.66. The maximum absolute atomic E-state index is 12.8. The van der Waals surface area contributed by atoms with Crippen LogP contribution < -0.4 is 10.0 Å². The standard InChI is InChI=1S/C20H27N3O2S/c1-14-11-15(2)20(16(3)12-14)26(24,25)23-19-10-9-18(13-21-19)22-17-7-5-4-6-8-17/h9-13,17,22H,4-8H2,1-3H3,(H,21,23). The van der Waals surface area contributed by atoms with Crippen molar-refractivity contribution in [1.82, 2.24) is 4.98 Å². The number of nitrogens with zero attached hydrogens (tertiary/aromatic N) is 1. The first-order chi connectivity index (χ1) is 12.3. The summed E-state index contributed by atoms with van der Waals surface area (Å²) in [6.07, 6.45) is 7.90. The predicted octanol–water partition coefficient (Wildman–Crippen LogP) is 4.55. The van der Waals surface area contributed by atoms with Crippen LogP contribution in [0.4, 0.5) is 11.5 Å². The van der Waals surface area contributed by atoms with Crippen molar-refractivity contribution in [2.24, 2.45) is 0 Å². The number of aryl methyl sites for hydroxylation is 3. The number of sulfonamides is 1. The fourth-order valence-corrected chi connectivity index (χ4v) is 5.27. The van der Waals surface area contributed by atoms with Crippen LogP contribution >= 0.6 is 0 Å². The molecule has 2 N–H and O–H groups in total. The minimum absolute atomic E-state index is 0.328. The molecular formula is C20H27N3O2S.